The van der Waals surface area contributed by atoms with Crippen LogP contribution in [0.15, 0.2) is 0 Å². The van der Waals surface area contributed by atoms with Crippen molar-refractivity contribution in [3.63, 3.8) is 0 Å². The van der Waals surface area contributed by atoms with Crippen LogP contribution >= 0.6 is 0 Å². The van der Waals surface area contributed by atoms with Crippen LogP contribution in [0.5, 0.6) is 0 Å². The van der Waals surface area contributed by atoms with Crippen molar-refractivity contribution in [2.45, 2.75) is 84.1 Å². The lowest BCUT2D eigenvalue weighted by Gasteiger charge is -2.60. The number of hydrogen-bond acceptors (Lipinski definition) is 0. The van der Waals surface area contributed by atoms with E-state index in [2.05, 4.69) is 19.6 Å². The minimum absolute atomic E-state index is 0.596. The minimum atomic E-state index is 0.596. The summed E-state index contributed by atoms with van der Waals surface area (Å²) in [6.07, 6.45) is 15.1. The molecule has 0 bridgehead atoms. The highest BCUT2D eigenvalue weighted by Crippen LogP contribution is 2.65. The van der Waals surface area contributed by atoms with E-state index in [9.17, 15) is 0 Å². The third-order valence-corrected chi connectivity index (χ3v) is 8.78. The molecule has 20 heavy (non-hydrogen) atoms. The van der Waals surface area contributed by atoms with Gasteiger partial charge in [0.05, 0.1) is 6.04 Å². The lowest BCUT2D eigenvalue weighted by molar-refractivity contribution is -0.445. The number of rotatable bonds is 0. The summed E-state index contributed by atoms with van der Waals surface area (Å²) < 4.78 is 0. The van der Waals surface area contributed by atoms with Crippen molar-refractivity contribution in [1.29, 1.82) is 0 Å². The van der Waals surface area contributed by atoms with Gasteiger partial charge in [0.2, 0.25) is 0 Å². The molecule has 4 aliphatic rings. The second-order valence-electron chi connectivity index (χ2n) is 9.22. The third-order valence-electron chi connectivity index (χ3n) is 8.78. The molecule has 0 aromatic carbocycles. The smallest absolute Gasteiger partial charge is 0.0900 e. The zero-order valence-corrected chi connectivity index (χ0v) is 13.7. The maximum Gasteiger partial charge on any atom is 0.0900 e. The number of fused-ring (bicyclic) bond motifs is 5. The van der Waals surface area contributed by atoms with Crippen LogP contribution in [0.1, 0.15) is 78.1 Å². The van der Waals surface area contributed by atoms with Crippen LogP contribution in [0.3, 0.4) is 0 Å². The van der Waals surface area contributed by atoms with Crippen LogP contribution in [-0.2, 0) is 0 Å². The summed E-state index contributed by atoms with van der Waals surface area (Å²) >= 11 is 0. The molecular formula is C19H34N+. The first-order valence-corrected chi connectivity index (χ1v) is 9.39. The lowest BCUT2D eigenvalue weighted by atomic mass is 9.45. The second-order valence-corrected chi connectivity index (χ2v) is 9.22. The number of hydrogen-bond donors (Lipinski definition) is 1. The van der Waals surface area contributed by atoms with Gasteiger partial charge in [0.1, 0.15) is 0 Å². The van der Waals surface area contributed by atoms with Crippen molar-refractivity contribution in [3.05, 3.63) is 0 Å². The molecule has 1 heteroatoms. The van der Waals surface area contributed by atoms with Crippen LogP contribution in [0, 0.1) is 34.5 Å². The molecule has 0 saturated heterocycles. The first-order chi connectivity index (χ1) is 9.56. The average Bonchev–Trinajstić information content (AvgIpc) is 2.74. The molecular weight excluding hydrogens is 242 g/mol. The highest BCUT2D eigenvalue weighted by molar-refractivity contribution is 5.08. The molecule has 4 aliphatic carbocycles. The Labute approximate surface area is 125 Å². The Kier molecular flexibility index (Phi) is 3.05. The van der Waals surface area contributed by atoms with E-state index < -0.39 is 0 Å². The summed E-state index contributed by atoms with van der Waals surface area (Å²) in [4.78, 5) is 0. The van der Waals surface area contributed by atoms with Crippen LogP contribution in [0.4, 0.5) is 0 Å². The van der Waals surface area contributed by atoms with E-state index in [1.807, 2.05) is 0 Å². The van der Waals surface area contributed by atoms with Crippen molar-refractivity contribution >= 4 is 0 Å². The molecule has 4 fully saturated rings. The Morgan fingerprint density at radius 1 is 0.750 bits per heavy atom. The van der Waals surface area contributed by atoms with Gasteiger partial charge in [-0.25, -0.2) is 0 Å². The molecule has 0 amide bonds. The molecule has 0 aromatic rings. The van der Waals surface area contributed by atoms with Gasteiger partial charge in [0.15, 0.2) is 0 Å². The van der Waals surface area contributed by atoms with Gasteiger partial charge >= 0.3 is 0 Å². The Morgan fingerprint density at radius 3 is 2.40 bits per heavy atom. The highest BCUT2D eigenvalue weighted by Gasteiger charge is 2.60. The molecule has 0 radical (unpaired) electrons. The quantitative estimate of drug-likeness (QED) is 0.692. The van der Waals surface area contributed by atoms with E-state index in [-0.39, 0.29) is 0 Å². The Morgan fingerprint density at radius 2 is 1.55 bits per heavy atom. The lowest BCUT2D eigenvalue weighted by Crippen LogP contribution is -2.68. The monoisotopic (exact) mass is 276 g/mol. The predicted molar refractivity (Wildman–Crippen MR) is 83.0 cm³/mol. The standard InChI is InChI=1S/C19H33N/c1-18-11-4-3-5-13(18)6-7-14-15-8-9-17(20)19(15,2)12-10-16(14)18/h13-17H,3-12,20H2,1-2H3/p+1/t13-,14+,15-,16+,17+,18+,19+/m1/s1. The van der Waals surface area contributed by atoms with E-state index in [0.717, 1.165) is 29.7 Å². The van der Waals surface area contributed by atoms with Gasteiger partial charge in [0, 0.05) is 11.8 Å². The molecule has 0 heterocycles. The van der Waals surface area contributed by atoms with E-state index in [0.29, 0.717) is 10.8 Å². The Bertz CT molecular complexity index is 391. The maximum absolute atomic E-state index is 4.53. The molecule has 0 aromatic heterocycles. The van der Waals surface area contributed by atoms with Gasteiger partial charge in [-0.15, -0.1) is 0 Å². The molecule has 114 valence electrons. The first-order valence-electron chi connectivity index (χ1n) is 9.39. The van der Waals surface area contributed by atoms with Crippen LogP contribution in [0.2, 0.25) is 0 Å². The molecule has 3 N–H and O–H groups in total. The van der Waals surface area contributed by atoms with Gasteiger partial charge in [-0.05, 0) is 74.0 Å². The fraction of sp³-hybridized carbons (Fsp3) is 1.00. The highest BCUT2D eigenvalue weighted by atomic mass is 14.8. The van der Waals surface area contributed by atoms with Crippen LogP contribution in [-0.4, -0.2) is 6.04 Å². The molecule has 0 aliphatic heterocycles. The van der Waals surface area contributed by atoms with Crippen molar-refractivity contribution in [3.8, 4) is 0 Å². The molecule has 0 unspecified atom stereocenters. The van der Waals surface area contributed by atoms with E-state index in [4.69, 9.17) is 0 Å². The van der Waals surface area contributed by atoms with Gasteiger partial charge < -0.3 is 5.73 Å². The topological polar surface area (TPSA) is 27.6 Å². The molecule has 1 nitrogen and oxygen atoms in total. The van der Waals surface area contributed by atoms with Gasteiger partial charge in [-0.1, -0.05) is 26.7 Å². The molecule has 4 saturated carbocycles. The fourth-order valence-corrected chi connectivity index (χ4v) is 7.40. The Hall–Kier alpha value is -0.0400. The van der Waals surface area contributed by atoms with Gasteiger partial charge in [0.25, 0.3) is 0 Å². The van der Waals surface area contributed by atoms with Crippen LogP contribution < -0.4 is 5.73 Å². The van der Waals surface area contributed by atoms with Gasteiger partial charge in [-0.2, -0.15) is 0 Å². The van der Waals surface area contributed by atoms with Gasteiger partial charge in [-0.3, -0.25) is 0 Å². The van der Waals surface area contributed by atoms with Crippen molar-refractivity contribution < 1.29 is 5.73 Å². The van der Waals surface area contributed by atoms with E-state index in [1.165, 1.54) is 44.9 Å². The van der Waals surface area contributed by atoms with E-state index in [1.54, 1.807) is 19.3 Å². The Balaban J connectivity index is 1.64. The predicted octanol–water partition coefficient (Wildman–Crippen LogP) is 4.03. The van der Waals surface area contributed by atoms with E-state index >= 15 is 0 Å². The van der Waals surface area contributed by atoms with Crippen molar-refractivity contribution in [1.82, 2.24) is 0 Å². The summed E-state index contributed by atoms with van der Waals surface area (Å²) in [7, 11) is 0. The first kappa shape index (κ1) is 13.6. The van der Waals surface area contributed by atoms with Crippen LogP contribution in [0.25, 0.3) is 0 Å². The summed E-state index contributed by atoms with van der Waals surface area (Å²) in [5.41, 5.74) is 5.84. The molecule has 7 atom stereocenters. The summed E-state index contributed by atoms with van der Waals surface area (Å²) in [5, 5.41) is 0. The third kappa shape index (κ3) is 1.65. The van der Waals surface area contributed by atoms with Crippen molar-refractivity contribution in [2.24, 2.45) is 34.5 Å². The maximum atomic E-state index is 4.53. The number of quaternary nitrogens is 1. The SMILES string of the molecule is C[C@]12CC[C@H]3[C@@H](CC[C@H]4CCCC[C@@]43C)[C@H]1CC[C@@H]2[NH3+]. The second kappa shape index (κ2) is 4.48. The summed E-state index contributed by atoms with van der Waals surface area (Å²) in [6, 6.07) is 0.741. The average molecular weight is 276 g/mol. The summed E-state index contributed by atoms with van der Waals surface area (Å²) in [5.74, 6) is 4.20. The largest absolute Gasteiger partial charge is 0.355 e. The molecule has 4 rings (SSSR count). The minimum Gasteiger partial charge on any atom is -0.355 e. The normalized spacial score (nSPS) is 58.6. The molecule has 0 spiro atoms. The van der Waals surface area contributed by atoms with Crippen molar-refractivity contribution in [2.75, 3.05) is 0 Å². The summed E-state index contributed by atoms with van der Waals surface area (Å²) in [6.45, 7) is 5.28. The zero-order chi connectivity index (χ0) is 14.0. The zero-order valence-electron chi connectivity index (χ0n) is 13.7. The fourth-order valence-electron chi connectivity index (χ4n) is 7.40.